The van der Waals surface area contributed by atoms with E-state index in [9.17, 15) is 9.59 Å². The van der Waals surface area contributed by atoms with Crippen LogP contribution in [-0.2, 0) is 17.8 Å². The number of nitrogens with one attached hydrogen (secondary N) is 2. The van der Waals surface area contributed by atoms with Crippen LogP contribution in [0.5, 0.6) is 11.6 Å². The van der Waals surface area contributed by atoms with Crippen molar-refractivity contribution in [2.24, 2.45) is 5.73 Å². The Morgan fingerprint density at radius 1 is 1.11 bits per heavy atom. The third-order valence-electron chi connectivity index (χ3n) is 6.26. The van der Waals surface area contributed by atoms with Gasteiger partial charge in [0.05, 0.1) is 0 Å². The van der Waals surface area contributed by atoms with Crippen molar-refractivity contribution >= 4 is 29.0 Å². The number of piperazine rings is 1. The molecule has 2 amide bonds. The van der Waals surface area contributed by atoms with E-state index in [0.717, 1.165) is 43.1 Å². The maximum absolute atomic E-state index is 12.2. The van der Waals surface area contributed by atoms with E-state index in [0.29, 0.717) is 24.4 Å². The minimum Gasteiger partial charge on any atom is -0.437 e. The van der Waals surface area contributed by atoms with Crippen LogP contribution in [0.2, 0.25) is 0 Å². The molecule has 0 saturated carbocycles. The summed E-state index contributed by atoms with van der Waals surface area (Å²) in [4.78, 5) is 37.4. The van der Waals surface area contributed by atoms with Crippen LogP contribution in [0, 0.1) is 0 Å². The highest BCUT2D eigenvalue weighted by Crippen LogP contribution is 2.29. The number of likely N-dealkylation sites (N-methyl/N-ethyl adjacent to an activating group) is 1. The van der Waals surface area contributed by atoms with Crippen LogP contribution in [0.4, 0.5) is 17.2 Å². The lowest BCUT2D eigenvalue weighted by molar-refractivity contribution is -0.116. The van der Waals surface area contributed by atoms with Gasteiger partial charge >= 0.3 is 0 Å². The number of primary amides is 1. The highest BCUT2D eigenvalue weighted by atomic mass is 16.5. The summed E-state index contributed by atoms with van der Waals surface area (Å²) in [6, 6.07) is 15.2. The van der Waals surface area contributed by atoms with Gasteiger partial charge in [-0.05, 0) is 61.5 Å². The predicted octanol–water partition coefficient (Wildman–Crippen LogP) is 3.23. The summed E-state index contributed by atoms with van der Waals surface area (Å²) < 4.78 is 6.09. The fraction of sp³-hybridized carbons (Fsp3) is 0.286. The monoisotopic (exact) mass is 515 g/mol. The van der Waals surface area contributed by atoms with Gasteiger partial charge in [-0.1, -0.05) is 25.6 Å². The second-order valence-corrected chi connectivity index (χ2v) is 9.02. The molecule has 2 heterocycles. The van der Waals surface area contributed by atoms with E-state index in [1.165, 1.54) is 6.08 Å². The van der Waals surface area contributed by atoms with Gasteiger partial charge in [0.15, 0.2) is 11.5 Å². The van der Waals surface area contributed by atoms with Gasteiger partial charge in [0, 0.05) is 44.1 Å². The normalized spacial score (nSPS) is 13.6. The summed E-state index contributed by atoms with van der Waals surface area (Å²) in [5.41, 5.74) is 8.91. The van der Waals surface area contributed by atoms with Gasteiger partial charge in [0.2, 0.25) is 11.8 Å². The predicted molar refractivity (Wildman–Crippen MR) is 148 cm³/mol. The molecule has 10 nitrogen and oxygen atoms in total. The second kappa shape index (κ2) is 12.2. The average molecular weight is 516 g/mol. The second-order valence-electron chi connectivity index (χ2n) is 9.02. The van der Waals surface area contributed by atoms with Gasteiger partial charge in [-0.25, -0.2) is 4.98 Å². The van der Waals surface area contributed by atoms with Crippen molar-refractivity contribution in [1.82, 2.24) is 20.2 Å². The maximum Gasteiger partial charge on any atom is 0.271 e. The number of aromatic nitrogens is 2. The van der Waals surface area contributed by atoms with E-state index >= 15 is 0 Å². The number of carbonyl (C=O) groups excluding carboxylic acids is 2. The number of hydrogen-bond acceptors (Lipinski definition) is 8. The Labute approximate surface area is 222 Å². The van der Waals surface area contributed by atoms with Crippen LogP contribution in [-0.4, -0.2) is 59.9 Å². The van der Waals surface area contributed by atoms with Crippen LogP contribution in [0.15, 0.2) is 61.2 Å². The fourth-order valence-corrected chi connectivity index (χ4v) is 4.07. The van der Waals surface area contributed by atoms with E-state index in [-0.39, 0.29) is 23.3 Å². The Bertz CT molecular complexity index is 1300. The zero-order chi connectivity index (χ0) is 27.1. The summed E-state index contributed by atoms with van der Waals surface area (Å²) >= 11 is 0. The molecule has 1 aromatic heterocycles. The standard InChI is InChI=1S/C28H33N7O3/c1-4-23-28(38-22-8-6-7-19(17-22)18-30-24(36)5-2)33-27(25(32-23)26(29)37)31-20-9-11-21(12-10-20)35-15-13-34(3)14-16-35/h5-12,17H,2,4,13-16,18H2,1,3H3,(H2,29,37)(H,30,36)(H,31,33). The van der Waals surface area contributed by atoms with E-state index in [1.807, 2.05) is 43.3 Å². The Balaban J connectivity index is 1.56. The summed E-state index contributed by atoms with van der Waals surface area (Å²) in [5, 5.41) is 5.92. The first kappa shape index (κ1) is 26.6. The van der Waals surface area contributed by atoms with Crippen molar-refractivity contribution < 1.29 is 14.3 Å². The molecule has 1 aliphatic heterocycles. The zero-order valence-corrected chi connectivity index (χ0v) is 21.7. The SMILES string of the molecule is C=CC(=O)NCc1cccc(Oc2nc(Nc3ccc(N4CCN(C)CC4)cc3)c(C(N)=O)nc2CC)c1. The van der Waals surface area contributed by atoms with Gasteiger partial charge in [-0.15, -0.1) is 0 Å². The fourth-order valence-electron chi connectivity index (χ4n) is 4.07. The minimum atomic E-state index is -0.685. The number of amides is 2. The molecule has 0 atom stereocenters. The first-order valence-electron chi connectivity index (χ1n) is 12.5. The Kier molecular flexibility index (Phi) is 8.55. The third kappa shape index (κ3) is 6.65. The van der Waals surface area contributed by atoms with Gasteiger partial charge in [0.25, 0.3) is 5.91 Å². The highest BCUT2D eigenvalue weighted by Gasteiger charge is 2.19. The zero-order valence-electron chi connectivity index (χ0n) is 21.7. The first-order valence-corrected chi connectivity index (χ1v) is 12.5. The van der Waals surface area contributed by atoms with E-state index < -0.39 is 5.91 Å². The molecule has 1 saturated heterocycles. The molecule has 198 valence electrons. The molecule has 0 aliphatic carbocycles. The Morgan fingerprint density at radius 2 is 1.84 bits per heavy atom. The average Bonchev–Trinajstić information content (AvgIpc) is 2.93. The summed E-state index contributed by atoms with van der Waals surface area (Å²) in [6.45, 7) is 9.67. The number of rotatable bonds is 10. The molecule has 2 aromatic carbocycles. The number of aryl methyl sites for hydroxylation is 1. The smallest absolute Gasteiger partial charge is 0.271 e. The largest absolute Gasteiger partial charge is 0.437 e. The molecule has 1 fully saturated rings. The van der Waals surface area contributed by atoms with E-state index in [4.69, 9.17) is 10.5 Å². The molecule has 0 spiro atoms. The quantitative estimate of drug-likeness (QED) is 0.352. The van der Waals surface area contributed by atoms with Crippen LogP contribution in [0.3, 0.4) is 0 Å². The molecule has 0 bridgehead atoms. The lowest BCUT2D eigenvalue weighted by Gasteiger charge is -2.34. The summed E-state index contributed by atoms with van der Waals surface area (Å²) in [5.74, 6) is 0.0569. The molecule has 10 heteroatoms. The first-order chi connectivity index (χ1) is 18.4. The molecule has 1 aliphatic rings. The lowest BCUT2D eigenvalue weighted by atomic mass is 10.2. The molecule has 3 aromatic rings. The number of nitrogens with two attached hydrogens (primary N) is 1. The van der Waals surface area contributed by atoms with E-state index in [1.54, 1.807) is 12.1 Å². The molecule has 0 radical (unpaired) electrons. The molecule has 38 heavy (non-hydrogen) atoms. The van der Waals surface area contributed by atoms with Crippen molar-refractivity contribution in [1.29, 1.82) is 0 Å². The van der Waals surface area contributed by atoms with Gasteiger partial charge in [-0.2, -0.15) is 4.98 Å². The Hall–Kier alpha value is -4.44. The molecule has 4 rings (SSSR count). The van der Waals surface area contributed by atoms with Crippen molar-refractivity contribution in [3.63, 3.8) is 0 Å². The topological polar surface area (TPSA) is 126 Å². The van der Waals surface area contributed by atoms with Gasteiger partial charge in [-0.3, -0.25) is 9.59 Å². The van der Waals surface area contributed by atoms with Crippen LogP contribution >= 0.6 is 0 Å². The molecule has 0 unspecified atom stereocenters. The number of hydrogen-bond donors (Lipinski definition) is 3. The molecular weight excluding hydrogens is 482 g/mol. The number of carbonyl (C=O) groups is 2. The van der Waals surface area contributed by atoms with Crippen molar-refractivity contribution in [3.8, 4) is 11.6 Å². The Morgan fingerprint density at radius 3 is 2.50 bits per heavy atom. The summed E-state index contributed by atoms with van der Waals surface area (Å²) in [7, 11) is 2.13. The van der Waals surface area contributed by atoms with E-state index in [2.05, 4.69) is 44.0 Å². The lowest BCUT2D eigenvalue weighted by Crippen LogP contribution is -2.44. The molecule has 4 N–H and O–H groups in total. The van der Waals surface area contributed by atoms with Crippen LogP contribution in [0.25, 0.3) is 0 Å². The highest BCUT2D eigenvalue weighted by molar-refractivity contribution is 5.96. The van der Waals surface area contributed by atoms with Crippen molar-refractivity contribution in [2.45, 2.75) is 19.9 Å². The number of anilines is 3. The summed E-state index contributed by atoms with van der Waals surface area (Å²) in [6.07, 6.45) is 1.70. The third-order valence-corrected chi connectivity index (χ3v) is 6.26. The number of benzene rings is 2. The van der Waals surface area contributed by atoms with Crippen molar-refractivity contribution in [2.75, 3.05) is 43.4 Å². The van der Waals surface area contributed by atoms with Crippen LogP contribution in [0.1, 0.15) is 28.7 Å². The maximum atomic E-state index is 12.2. The minimum absolute atomic E-state index is 0.0400. The van der Waals surface area contributed by atoms with Gasteiger partial charge in [0.1, 0.15) is 11.4 Å². The van der Waals surface area contributed by atoms with Crippen LogP contribution < -0.4 is 26.0 Å². The van der Waals surface area contributed by atoms with Gasteiger partial charge < -0.3 is 30.9 Å². The molecular formula is C28H33N7O3. The number of nitrogens with zero attached hydrogens (tertiary/aromatic N) is 4. The number of ether oxygens (including phenoxy) is 1. The van der Waals surface area contributed by atoms with Crippen molar-refractivity contribution in [3.05, 3.63) is 78.1 Å².